The standard InChI is InChI=1S/C12H26N2/c1-4-9-14-10-7-8-13-12(5-2,6-3)11-14/h13H,4-11H2,1-3H3. The van der Waals surface area contributed by atoms with E-state index in [2.05, 4.69) is 31.0 Å². The van der Waals surface area contributed by atoms with E-state index in [1.54, 1.807) is 0 Å². The minimum Gasteiger partial charge on any atom is -0.310 e. The van der Waals surface area contributed by atoms with E-state index in [0.29, 0.717) is 5.54 Å². The van der Waals surface area contributed by atoms with E-state index in [-0.39, 0.29) is 0 Å². The molecule has 0 unspecified atom stereocenters. The van der Waals surface area contributed by atoms with Gasteiger partial charge in [0.2, 0.25) is 0 Å². The van der Waals surface area contributed by atoms with Crippen molar-refractivity contribution in [2.75, 3.05) is 26.2 Å². The molecule has 0 saturated carbocycles. The highest BCUT2D eigenvalue weighted by molar-refractivity contribution is 4.90. The molecule has 2 nitrogen and oxygen atoms in total. The summed E-state index contributed by atoms with van der Waals surface area (Å²) in [6, 6.07) is 0. The van der Waals surface area contributed by atoms with E-state index in [9.17, 15) is 0 Å². The molecule has 0 aromatic rings. The molecular weight excluding hydrogens is 172 g/mol. The van der Waals surface area contributed by atoms with E-state index in [1.165, 1.54) is 51.9 Å². The second-order valence-electron chi connectivity index (χ2n) is 4.54. The Bertz CT molecular complexity index is 152. The van der Waals surface area contributed by atoms with Gasteiger partial charge >= 0.3 is 0 Å². The van der Waals surface area contributed by atoms with Gasteiger partial charge in [-0.1, -0.05) is 20.8 Å². The summed E-state index contributed by atoms with van der Waals surface area (Å²) in [5.41, 5.74) is 0.395. The van der Waals surface area contributed by atoms with Crippen molar-refractivity contribution in [1.29, 1.82) is 0 Å². The van der Waals surface area contributed by atoms with Crippen LogP contribution >= 0.6 is 0 Å². The molecule has 1 heterocycles. The molecule has 0 radical (unpaired) electrons. The highest BCUT2D eigenvalue weighted by Gasteiger charge is 2.29. The molecule has 1 N–H and O–H groups in total. The Kier molecular flexibility index (Phi) is 4.90. The van der Waals surface area contributed by atoms with Crippen LogP contribution in [0.2, 0.25) is 0 Å². The van der Waals surface area contributed by atoms with Gasteiger partial charge in [0.05, 0.1) is 0 Å². The predicted octanol–water partition coefficient (Wildman–Crippen LogP) is 2.25. The lowest BCUT2D eigenvalue weighted by atomic mass is 9.92. The van der Waals surface area contributed by atoms with Gasteiger partial charge in [0.25, 0.3) is 0 Å². The minimum absolute atomic E-state index is 0.395. The van der Waals surface area contributed by atoms with Crippen LogP contribution in [0.3, 0.4) is 0 Å². The van der Waals surface area contributed by atoms with Gasteiger partial charge in [0.1, 0.15) is 0 Å². The molecule has 0 aromatic carbocycles. The average Bonchev–Trinajstić information content (AvgIpc) is 2.42. The second-order valence-corrected chi connectivity index (χ2v) is 4.54. The summed E-state index contributed by atoms with van der Waals surface area (Å²) in [4.78, 5) is 2.63. The lowest BCUT2D eigenvalue weighted by molar-refractivity contribution is 0.197. The van der Waals surface area contributed by atoms with E-state index < -0.39 is 0 Å². The molecule has 0 atom stereocenters. The Morgan fingerprint density at radius 3 is 2.50 bits per heavy atom. The Labute approximate surface area is 89.1 Å². The normalized spacial score (nSPS) is 23.4. The van der Waals surface area contributed by atoms with Crippen LogP contribution in [0.15, 0.2) is 0 Å². The molecule has 1 saturated heterocycles. The summed E-state index contributed by atoms with van der Waals surface area (Å²) in [6.45, 7) is 11.9. The molecule has 2 heteroatoms. The minimum atomic E-state index is 0.395. The number of rotatable bonds is 4. The van der Waals surface area contributed by atoms with Gasteiger partial charge in [-0.25, -0.2) is 0 Å². The molecule has 14 heavy (non-hydrogen) atoms. The Morgan fingerprint density at radius 2 is 1.93 bits per heavy atom. The van der Waals surface area contributed by atoms with E-state index in [0.717, 1.165) is 0 Å². The van der Waals surface area contributed by atoms with Crippen LogP contribution < -0.4 is 5.32 Å². The van der Waals surface area contributed by atoms with Crippen LogP contribution in [-0.4, -0.2) is 36.6 Å². The van der Waals surface area contributed by atoms with Crippen LogP contribution in [0.4, 0.5) is 0 Å². The molecule has 1 aliphatic rings. The van der Waals surface area contributed by atoms with Crippen molar-refractivity contribution in [2.45, 2.75) is 52.0 Å². The van der Waals surface area contributed by atoms with Gasteiger partial charge < -0.3 is 10.2 Å². The fourth-order valence-electron chi connectivity index (χ4n) is 2.45. The van der Waals surface area contributed by atoms with E-state index >= 15 is 0 Å². The zero-order valence-corrected chi connectivity index (χ0v) is 10.1. The van der Waals surface area contributed by atoms with Crippen molar-refractivity contribution in [3.05, 3.63) is 0 Å². The fourth-order valence-corrected chi connectivity index (χ4v) is 2.45. The second kappa shape index (κ2) is 5.72. The van der Waals surface area contributed by atoms with Crippen molar-refractivity contribution < 1.29 is 0 Å². The highest BCUT2D eigenvalue weighted by atomic mass is 15.2. The Morgan fingerprint density at radius 1 is 1.21 bits per heavy atom. The van der Waals surface area contributed by atoms with Crippen molar-refractivity contribution in [1.82, 2.24) is 10.2 Å². The van der Waals surface area contributed by atoms with Crippen LogP contribution in [0.1, 0.15) is 46.5 Å². The number of nitrogens with zero attached hydrogens (tertiary/aromatic N) is 1. The molecule has 1 aliphatic heterocycles. The Hall–Kier alpha value is -0.0800. The van der Waals surface area contributed by atoms with Gasteiger partial charge in [-0.2, -0.15) is 0 Å². The van der Waals surface area contributed by atoms with Gasteiger partial charge in [0.15, 0.2) is 0 Å². The van der Waals surface area contributed by atoms with Gasteiger partial charge in [0, 0.05) is 12.1 Å². The maximum atomic E-state index is 3.74. The van der Waals surface area contributed by atoms with Crippen LogP contribution in [0.25, 0.3) is 0 Å². The molecule has 1 fully saturated rings. The average molecular weight is 198 g/mol. The summed E-state index contributed by atoms with van der Waals surface area (Å²) in [5, 5.41) is 3.74. The van der Waals surface area contributed by atoms with Crippen LogP contribution in [0.5, 0.6) is 0 Å². The van der Waals surface area contributed by atoms with E-state index in [1.807, 2.05) is 0 Å². The quantitative estimate of drug-likeness (QED) is 0.745. The predicted molar refractivity (Wildman–Crippen MR) is 62.7 cm³/mol. The molecule has 0 bridgehead atoms. The molecule has 0 spiro atoms. The maximum absolute atomic E-state index is 3.74. The SMILES string of the molecule is CCCN1CCCNC(CC)(CC)C1. The smallest absolute Gasteiger partial charge is 0.0303 e. The number of nitrogens with one attached hydrogen (secondary N) is 1. The summed E-state index contributed by atoms with van der Waals surface area (Å²) in [7, 11) is 0. The topological polar surface area (TPSA) is 15.3 Å². The van der Waals surface area contributed by atoms with Gasteiger partial charge in [-0.15, -0.1) is 0 Å². The summed E-state index contributed by atoms with van der Waals surface area (Å²) in [6.07, 6.45) is 5.10. The molecule has 0 aromatic heterocycles. The molecule has 84 valence electrons. The third-order valence-corrected chi connectivity index (χ3v) is 3.57. The number of hydrogen-bond donors (Lipinski definition) is 1. The lowest BCUT2D eigenvalue weighted by Crippen LogP contribution is -2.50. The maximum Gasteiger partial charge on any atom is 0.0303 e. The third kappa shape index (κ3) is 2.96. The van der Waals surface area contributed by atoms with Crippen molar-refractivity contribution in [3.8, 4) is 0 Å². The van der Waals surface area contributed by atoms with Gasteiger partial charge in [-0.05, 0) is 45.3 Å². The molecular formula is C12H26N2. The summed E-state index contributed by atoms with van der Waals surface area (Å²) in [5.74, 6) is 0. The van der Waals surface area contributed by atoms with E-state index in [4.69, 9.17) is 0 Å². The monoisotopic (exact) mass is 198 g/mol. The first-order valence-corrected chi connectivity index (χ1v) is 6.23. The van der Waals surface area contributed by atoms with Crippen molar-refractivity contribution in [2.24, 2.45) is 0 Å². The zero-order chi connectivity index (χ0) is 10.4. The fraction of sp³-hybridized carbons (Fsp3) is 1.00. The highest BCUT2D eigenvalue weighted by Crippen LogP contribution is 2.19. The lowest BCUT2D eigenvalue weighted by Gasteiger charge is -2.35. The molecule has 1 rings (SSSR count). The largest absolute Gasteiger partial charge is 0.310 e. The first kappa shape index (κ1) is 12.0. The van der Waals surface area contributed by atoms with Crippen molar-refractivity contribution >= 4 is 0 Å². The molecule has 0 aliphatic carbocycles. The number of hydrogen-bond acceptors (Lipinski definition) is 2. The Balaban J connectivity index is 2.57. The first-order valence-electron chi connectivity index (χ1n) is 6.23. The summed E-state index contributed by atoms with van der Waals surface area (Å²) >= 11 is 0. The van der Waals surface area contributed by atoms with Crippen LogP contribution in [0, 0.1) is 0 Å². The third-order valence-electron chi connectivity index (χ3n) is 3.57. The first-order chi connectivity index (χ1) is 6.76. The van der Waals surface area contributed by atoms with Crippen LogP contribution in [-0.2, 0) is 0 Å². The molecule has 0 amide bonds. The van der Waals surface area contributed by atoms with Gasteiger partial charge in [-0.3, -0.25) is 0 Å². The van der Waals surface area contributed by atoms with Crippen molar-refractivity contribution in [3.63, 3.8) is 0 Å². The summed E-state index contributed by atoms with van der Waals surface area (Å²) < 4.78 is 0. The zero-order valence-electron chi connectivity index (χ0n) is 10.1.